The number of nitrogens with zero attached hydrogens (tertiary/aromatic N) is 2. The van der Waals surface area contributed by atoms with E-state index in [9.17, 15) is 14.4 Å². The summed E-state index contributed by atoms with van der Waals surface area (Å²) >= 11 is 0. The first-order valence-electron chi connectivity index (χ1n) is 9.68. The summed E-state index contributed by atoms with van der Waals surface area (Å²) < 4.78 is 0. The molecule has 146 valence electrons. The first-order valence-corrected chi connectivity index (χ1v) is 9.68. The Bertz CT molecular complexity index is 752. The van der Waals surface area contributed by atoms with E-state index < -0.39 is 0 Å². The Balaban J connectivity index is 1.56. The molecule has 3 amide bonds. The SMILES string of the molecule is CC(C)(C)CC(=O)N1CCCN(C(=O)Cc2ccc3c(c2)CC(=O)N3)CC1. The molecule has 0 aromatic heterocycles. The van der Waals surface area contributed by atoms with Crippen LogP contribution in [0.25, 0.3) is 0 Å². The van der Waals surface area contributed by atoms with Crippen molar-refractivity contribution in [2.24, 2.45) is 5.41 Å². The van der Waals surface area contributed by atoms with Crippen molar-refractivity contribution in [3.63, 3.8) is 0 Å². The Morgan fingerprint density at radius 2 is 1.70 bits per heavy atom. The highest BCUT2D eigenvalue weighted by Gasteiger charge is 2.25. The van der Waals surface area contributed by atoms with E-state index in [-0.39, 0.29) is 23.1 Å². The van der Waals surface area contributed by atoms with E-state index in [4.69, 9.17) is 0 Å². The largest absolute Gasteiger partial charge is 0.341 e. The molecule has 1 aromatic rings. The molecule has 0 bridgehead atoms. The van der Waals surface area contributed by atoms with Crippen LogP contribution >= 0.6 is 0 Å². The normalized spacial score (nSPS) is 17.4. The number of amides is 3. The Hall–Kier alpha value is -2.37. The number of rotatable bonds is 3. The fourth-order valence-electron chi connectivity index (χ4n) is 3.66. The summed E-state index contributed by atoms with van der Waals surface area (Å²) in [6.07, 6.45) is 2.05. The van der Waals surface area contributed by atoms with E-state index in [1.165, 1.54) is 0 Å². The van der Waals surface area contributed by atoms with E-state index in [1.54, 1.807) is 0 Å². The predicted molar refractivity (Wildman–Crippen MR) is 104 cm³/mol. The van der Waals surface area contributed by atoms with Crippen molar-refractivity contribution >= 4 is 23.4 Å². The third-order valence-electron chi connectivity index (χ3n) is 5.03. The van der Waals surface area contributed by atoms with Crippen LogP contribution in [0.5, 0.6) is 0 Å². The van der Waals surface area contributed by atoms with Gasteiger partial charge in [0.25, 0.3) is 0 Å². The number of hydrogen-bond donors (Lipinski definition) is 1. The molecular formula is C21H29N3O3. The molecule has 0 radical (unpaired) electrons. The van der Waals surface area contributed by atoms with Gasteiger partial charge in [0.1, 0.15) is 0 Å². The monoisotopic (exact) mass is 371 g/mol. The molecule has 0 aliphatic carbocycles. The first-order chi connectivity index (χ1) is 12.7. The van der Waals surface area contributed by atoms with Crippen LogP contribution in [0.4, 0.5) is 5.69 Å². The number of nitrogens with one attached hydrogen (secondary N) is 1. The van der Waals surface area contributed by atoms with Gasteiger partial charge < -0.3 is 15.1 Å². The molecule has 6 heteroatoms. The summed E-state index contributed by atoms with van der Waals surface area (Å²) in [5.41, 5.74) is 2.71. The molecule has 6 nitrogen and oxygen atoms in total. The molecule has 1 aromatic carbocycles. The summed E-state index contributed by atoms with van der Waals surface area (Å²) in [5, 5.41) is 2.81. The van der Waals surface area contributed by atoms with Gasteiger partial charge >= 0.3 is 0 Å². The van der Waals surface area contributed by atoms with Crippen molar-refractivity contribution in [2.75, 3.05) is 31.5 Å². The van der Waals surface area contributed by atoms with Crippen LogP contribution in [0, 0.1) is 5.41 Å². The van der Waals surface area contributed by atoms with Gasteiger partial charge in [-0.25, -0.2) is 0 Å². The minimum Gasteiger partial charge on any atom is -0.341 e. The summed E-state index contributed by atoms with van der Waals surface area (Å²) in [4.78, 5) is 40.4. The second kappa shape index (κ2) is 7.71. The molecule has 2 aliphatic rings. The lowest BCUT2D eigenvalue weighted by Crippen LogP contribution is -2.38. The van der Waals surface area contributed by atoms with Crippen molar-refractivity contribution in [2.45, 2.75) is 46.5 Å². The topological polar surface area (TPSA) is 69.7 Å². The molecule has 1 N–H and O–H groups in total. The van der Waals surface area contributed by atoms with Gasteiger partial charge in [-0.05, 0) is 29.0 Å². The van der Waals surface area contributed by atoms with E-state index in [0.29, 0.717) is 45.4 Å². The standard InChI is InChI=1S/C21H29N3O3/c1-21(2,3)14-20(27)24-8-4-7-23(9-10-24)19(26)12-15-5-6-17-16(11-15)13-18(25)22-17/h5-6,11H,4,7-10,12-14H2,1-3H3,(H,22,25). The fourth-order valence-corrected chi connectivity index (χ4v) is 3.66. The number of carbonyl (C=O) groups excluding carboxylic acids is 3. The van der Waals surface area contributed by atoms with Crippen LogP contribution < -0.4 is 5.32 Å². The molecule has 0 atom stereocenters. The highest BCUT2D eigenvalue weighted by Crippen LogP contribution is 2.24. The van der Waals surface area contributed by atoms with Gasteiger partial charge in [-0.2, -0.15) is 0 Å². The summed E-state index contributed by atoms with van der Waals surface area (Å²) in [7, 11) is 0. The lowest BCUT2D eigenvalue weighted by molar-refractivity contribution is -0.134. The molecule has 0 saturated carbocycles. The molecule has 1 fully saturated rings. The van der Waals surface area contributed by atoms with Crippen LogP contribution in [0.2, 0.25) is 0 Å². The zero-order valence-electron chi connectivity index (χ0n) is 16.5. The van der Waals surface area contributed by atoms with E-state index in [0.717, 1.165) is 23.2 Å². The van der Waals surface area contributed by atoms with E-state index in [2.05, 4.69) is 26.1 Å². The third-order valence-corrected chi connectivity index (χ3v) is 5.03. The number of hydrogen-bond acceptors (Lipinski definition) is 3. The Labute approximate surface area is 160 Å². The van der Waals surface area contributed by atoms with Gasteiger partial charge in [0.05, 0.1) is 12.8 Å². The molecular weight excluding hydrogens is 342 g/mol. The van der Waals surface area contributed by atoms with Crippen LogP contribution in [-0.4, -0.2) is 53.7 Å². The molecule has 27 heavy (non-hydrogen) atoms. The highest BCUT2D eigenvalue weighted by molar-refractivity contribution is 5.99. The minimum atomic E-state index is -0.0251. The lowest BCUT2D eigenvalue weighted by Gasteiger charge is -2.25. The van der Waals surface area contributed by atoms with E-state index in [1.807, 2.05) is 28.0 Å². The first kappa shape index (κ1) is 19.4. The molecule has 2 aliphatic heterocycles. The Morgan fingerprint density at radius 1 is 1.04 bits per heavy atom. The van der Waals surface area contributed by atoms with E-state index >= 15 is 0 Å². The summed E-state index contributed by atoms with van der Waals surface area (Å²) in [5.74, 6) is 0.256. The second-order valence-corrected chi connectivity index (χ2v) is 8.75. The van der Waals surface area contributed by atoms with Crippen molar-refractivity contribution in [3.05, 3.63) is 29.3 Å². The minimum absolute atomic E-state index is 0.000935. The van der Waals surface area contributed by atoms with Crippen LogP contribution in [-0.2, 0) is 27.2 Å². The highest BCUT2D eigenvalue weighted by atomic mass is 16.2. The molecule has 0 spiro atoms. The molecule has 2 heterocycles. The lowest BCUT2D eigenvalue weighted by atomic mass is 9.91. The molecule has 0 unspecified atom stereocenters. The van der Waals surface area contributed by atoms with Gasteiger partial charge in [0.2, 0.25) is 17.7 Å². The average molecular weight is 371 g/mol. The van der Waals surface area contributed by atoms with Crippen molar-refractivity contribution in [1.29, 1.82) is 0 Å². The van der Waals surface area contributed by atoms with Gasteiger partial charge in [0, 0.05) is 38.3 Å². The summed E-state index contributed by atoms with van der Waals surface area (Å²) in [6.45, 7) is 8.78. The van der Waals surface area contributed by atoms with Crippen LogP contribution in [0.15, 0.2) is 18.2 Å². The maximum absolute atomic E-state index is 12.7. The van der Waals surface area contributed by atoms with Crippen LogP contribution in [0.1, 0.15) is 44.7 Å². The van der Waals surface area contributed by atoms with Gasteiger partial charge in [0.15, 0.2) is 0 Å². The second-order valence-electron chi connectivity index (χ2n) is 8.75. The van der Waals surface area contributed by atoms with Crippen molar-refractivity contribution in [3.8, 4) is 0 Å². The van der Waals surface area contributed by atoms with Gasteiger partial charge in [-0.15, -0.1) is 0 Å². The van der Waals surface area contributed by atoms with Gasteiger partial charge in [-0.3, -0.25) is 14.4 Å². The smallest absolute Gasteiger partial charge is 0.228 e. The Morgan fingerprint density at radius 3 is 2.37 bits per heavy atom. The maximum atomic E-state index is 12.7. The quantitative estimate of drug-likeness (QED) is 0.886. The van der Waals surface area contributed by atoms with Crippen LogP contribution in [0.3, 0.4) is 0 Å². The zero-order chi connectivity index (χ0) is 19.6. The summed E-state index contributed by atoms with van der Waals surface area (Å²) in [6, 6.07) is 5.72. The van der Waals surface area contributed by atoms with Crippen molar-refractivity contribution in [1.82, 2.24) is 9.80 Å². The maximum Gasteiger partial charge on any atom is 0.228 e. The Kier molecular flexibility index (Phi) is 5.53. The molecule has 1 saturated heterocycles. The third kappa shape index (κ3) is 5.08. The van der Waals surface area contributed by atoms with Crippen molar-refractivity contribution < 1.29 is 14.4 Å². The molecule has 3 rings (SSSR count). The number of fused-ring (bicyclic) bond motifs is 1. The van der Waals surface area contributed by atoms with Gasteiger partial charge in [-0.1, -0.05) is 32.9 Å². The zero-order valence-corrected chi connectivity index (χ0v) is 16.5. The number of benzene rings is 1. The average Bonchev–Trinajstić information content (AvgIpc) is 2.78. The number of anilines is 1. The number of carbonyl (C=O) groups is 3. The predicted octanol–water partition coefficient (Wildman–Crippen LogP) is 2.22. The fraction of sp³-hybridized carbons (Fsp3) is 0.571.